The number of anilines is 2. The Kier molecular flexibility index (Phi) is 5.43. The molecule has 0 saturated carbocycles. The average molecular weight is 354 g/mol. The van der Waals surface area contributed by atoms with E-state index in [2.05, 4.69) is 18.3 Å². The predicted octanol–water partition coefficient (Wildman–Crippen LogP) is 4.11. The van der Waals surface area contributed by atoms with Gasteiger partial charge in [0.05, 0.1) is 12.1 Å². The summed E-state index contributed by atoms with van der Waals surface area (Å²) in [6, 6.07) is 15.6. The van der Waals surface area contributed by atoms with Gasteiger partial charge in [0.15, 0.2) is 0 Å². The lowest BCUT2D eigenvalue weighted by atomic mass is 10.1. The van der Waals surface area contributed by atoms with Crippen LogP contribution in [0.1, 0.15) is 25.8 Å². The van der Waals surface area contributed by atoms with Crippen molar-refractivity contribution < 1.29 is 9.59 Å². The average Bonchev–Trinajstić information content (AvgIpc) is 2.74. The number of nitrogens with zero attached hydrogens (tertiary/aromatic N) is 1. The molecule has 1 heterocycles. The molecule has 2 aromatic carbocycles. The zero-order chi connectivity index (χ0) is 17.8. The van der Waals surface area contributed by atoms with Crippen LogP contribution in [0.2, 0.25) is 0 Å². The number of benzene rings is 2. The Morgan fingerprint density at radius 1 is 1.16 bits per heavy atom. The molecular formula is C20H22N2O2S. The molecule has 130 valence electrons. The number of thioether (sulfide) groups is 1. The lowest BCUT2D eigenvalue weighted by molar-refractivity contribution is -0.118. The van der Waals surface area contributed by atoms with Gasteiger partial charge in [0, 0.05) is 29.3 Å². The summed E-state index contributed by atoms with van der Waals surface area (Å²) in [6.07, 6.45) is 1.33. The Balaban J connectivity index is 1.75. The Labute approximate surface area is 152 Å². The quantitative estimate of drug-likeness (QED) is 0.902. The first-order chi connectivity index (χ1) is 12.0. The molecule has 1 N–H and O–H groups in total. The maximum Gasteiger partial charge on any atom is 0.231 e. The van der Waals surface area contributed by atoms with E-state index >= 15 is 0 Å². The first-order valence-electron chi connectivity index (χ1n) is 8.45. The highest BCUT2D eigenvalue weighted by atomic mass is 32.2. The molecule has 25 heavy (non-hydrogen) atoms. The normalized spacial score (nSPS) is 16.7. The number of rotatable bonds is 3. The molecule has 0 aliphatic carbocycles. The van der Waals surface area contributed by atoms with Gasteiger partial charge in [-0.15, -0.1) is 11.8 Å². The largest absolute Gasteiger partial charge is 0.326 e. The van der Waals surface area contributed by atoms with Crippen LogP contribution in [-0.4, -0.2) is 23.6 Å². The van der Waals surface area contributed by atoms with Crippen LogP contribution in [0.4, 0.5) is 11.4 Å². The maximum absolute atomic E-state index is 12.9. The van der Waals surface area contributed by atoms with E-state index in [1.807, 2.05) is 59.1 Å². The first-order valence-corrected chi connectivity index (χ1v) is 9.33. The third kappa shape index (κ3) is 4.42. The molecular weight excluding hydrogens is 332 g/mol. The molecule has 1 aliphatic heterocycles. The van der Waals surface area contributed by atoms with Crippen molar-refractivity contribution in [1.29, 1.82) is 0 Å². The van der Waals surface area contributed by atoms with Crippen molar-refractivity contribution in [3.63, 3.8) is 0 Å². The molecule has 2 aromatic rings. The third-order valence-corrected chi connectivity index (χ3v) is 5.41. The minimum atomic E-state index is -0.100. The van der Waals surface area contributed by atoms with Gasteiger partial charge < -0.3 is 10.2 Å². The van der Waals surface area contributed by atoms with Crippen LogP contribution < -0.4 is 10.2 Å². The summed E-state index contributed by atoms with van der Waals surface area (Å²) < 4.78 is 0. The molecule has 2 amide bonds. The molecule has 0 bridgehead atoms. The molecule has 0 spiro atoms. The lowest BCUT2D eigenvalue weighted by Gasteiger charge is -2.22. The Morgan fingerprint density at radius 2 is 1.88 bits per heavy atom. The monoisotopic (exact) mass is 354 g/mol. The number of carbonyl (C=O) groups excluding carboxylic acids is 2. The smallest absolute Gasteiger partial charge is 0.231 e. The number of hydrogen-bond donors (Lipinski definition) is 1. The topological polar surface area (TPSA) is 49.4 Å². The summed E-state index contributed by atoms with van der Waals surface area (Å²) in [5.41, 5.74) is 2.70. The third-order valence-electron chi connectivity index (χ3n) is 4.17. The van der Waals surface area contributed by atoms with Crippen molar-refractivity contribution in [2.45, 2.75) is 36.8 Å². The molecule has 1 atom stereocenters. The van der Waals surface area contributed by atoms with Gasteiger partial charge in [0.1, 0.15) is 0 Å². The Morgan fingerprint density at radius 3 is 2.60 bits per heavy atom. The van der Waals surface area contributed by atoms with Crippen molar-refractivity contribution in [3.05, 3.63) is 54.1 Å². The van der Waals surface area contributed by atoms with Gasteiger partial charge in [-0.1, -0.05) is 31.2 Å². The van der Waals surface area contributed by atoms with E-state index in [4.69, 9.17) is 0 Å². The van der Waals surface area contributed by atoms with Gasteiger partial charge in [0.25, 0.3) is 0 Å². The number of amides is 2. The van der Waals surface area contributed by atoms with Crippen LogP contribution in [0.25, 0.3) is 0 Å². The van der Waals surface area contributed by atoms with E-state index in [0.717, 1.165) is 29.9 Å². The molecule has 0 aromatic heterocycles. The summed E-state index contributed by atoms with van der Waals surface area (Å²) in [4.78, 5) is 27.1. The predicted molar refractivity (Wildman–Crippen MR) is 103 cm³/mol. The second kappa shape index (κ2) is 7.74. The fourth-order valence-electron chi connectivity index (χ4n) is 2.93. The fraction of sp³-hybridized carbons (Fsp3) is 0.300. The van der Waals surface area contributed by atoms with E-state index in [1.54, 1.807) is 0 Å². The van der Waals surface area contributed by atoms with E-state index < -0.39 is 0 Å². The number of hydrogen-bond acceptors (Lipinski definition) is 3. The molecule has 0 fully saturated rings. The maximum atomic E-state index is 12.9. The second-order valence-electron chi connectivity index (χ2n) is 6.29. The van der Waals surface area contributed by atoms with Gasteiger partial charge in [-0.25, -0.2) is 0 Å². The summed E-state index contributed by atoms with van der Waals surface area (Å²) >= 11 is 1.83. The van der Waals surface area contributed by atoms with Crippen molar-refractivity contribution >= 4 is 35.0 Å². The van der Waals surface area contributed by atoms with E-state index in [0.29, 0.717) is 11.7 Å². The zero-order valence-corrected chi connectivity index (χ0v) is 15.3. The van der Waals surface area contributed by atoms with Gasteiger partial charge in [-0.3, -0.25) is 9.59 Å². The van der Waals surface area contributed by atoms with Crippen LogP contribution in [0, 0.1) is 0 Å². The molecule has 4 nitrogen and oxygen atoms in total. The number of fused-ring (bicyclic) bond motifs is 1. The Bertz CT molecular complexity index is 774. The van der Waals surface area contributed by atoms with Gasteiger partial charge in [0.2, 0.25) is 11.8 Å². The van der Waals surface area contributed by atoms with E-state index in [1.165, 1.54) is 11.8 Å². The standard InChI is InChI=1S/C20H22N2O2S/c1-14-11-12-22(18-5-3-4-6-19(18)25-14)20(24)13-16-7-9-17(10-8-16)21-15(2)23/h3-10,14H,11-13H2,1-2H3,(H,21,23)/t14-/m0/s1. The molecule has 0 radical (unpaired) electrons. The first kappa shape index (κ1) is 17.5. The number of carbonyl (C=O) groups is 2. The van der Waals surface area contributed by atoms with Crippen molar-refractivity contribution in [3.8, 4) is 0 Å². The second-order valence-corrected chi connectivity index (χ2v) is 7.77. The Hall–Kier alpha value is -2.27. The summed E-state index contributed by atoms with van der Waals surface area (Å²) in [6.45, 7) is 4.43. The fourth-order valence-corrected chi connectivity index (χ4v) is 4.04. The molecule has 5 heteroatoms. The van der Waals surface area contributed by atoms with Gasteiger partial charge in [-0.05, 0) is 36.2 Å². The van der Waals surface area contributed by atoms with Crippen molar-refractivity contribution in [2.24, 2.45) is 0 Å². The van der Waals surface area contributed by atoms with Gasteiger partial charge >= 0.3 is 0 Å². The molecule has 3 rings (SSSR count). The minimum Gasteiger partial charge on any atom is -0.326 e. The van der Waals surface area contributed by atoms with Crippen molar-refractivity contribution in [2.75, 3.05) is 16.8 Å². The van der Waals surface area contributed by atoms with Crippen LogP contribution in [0.15, 0.2) is 53.4 Å². The van der Waals surface area contributed by atoms with Crippen LogP contribution in [0.3, 0.4) is 0 Å². The van der Waals surface area contributed by atoms with Crippen LogP contribution in [0.5, 0.6) is 0 Å². The van der Waals surface area contributed by atoms with Crippen molar-refractivity contribution in [1.82, 2.24) is 0 Å². The van der Waals surface area contributed by atoms with Crippen LogP contribution in [-0.2, 0) is 16.0 Å². The highest BCUT2D eigenvalue weighted by Crippen LogP contribution is 2.37. The molecule has 1 aliphatic rings. The summed E-state index contributed by atoms with van der Waals surface area (Å²) in [7, 11) is 0. The summed E-state index contributed by atoms with van der Waals surface area (Å²) in [5, 5.41) is 3.23. The highest BCUT2D eigenvalue weighted by Gasteiger charge is 2.24. The number of para-hydroxylation sites is 1. The zero-order valence-electron chi connectivity index (χ0n) is 14.5. The summed E-state index contributed by atoms with van der Waals surface area (Å²) in [5.74, 6) is 0.00560. The van der Waals surface area contributed by atoms with Gasteiger partial charge in [-0.2, -0.15) is 0 Å². The molecule has 0 unspecified atom stereocenters. The van der Waals surface area contributed by atoms with E-state index in [9.17, 15) is 9.59 Å². The highest BCUT2D eigenvalue weighted by molar-refractivity contribution is 8.00. The molecule has 0 saturated heterocycles. The van der Waals surface area contributed by atoms with Crippen LogP contribution >= 0.6 is 11.8 Å². The number of nitrogens with one attached hydrogen (secondary N) is 1. The minimum absolute atomic E-state index is 0.100. The SMILES string of the molecule is CC(=O)Nc1ccc(CC(=O)N2CC[C@H](C)Sc3ccccc32)cc1. The lowest BCUT2D eigenvalue weighted by Crippen LogP contribution is -2.33. The van der Waals surface area contributed by atoms with E-state index in [-0.39, 0.29) is 11.8 Å².